The first kappa shape index (κ1) is 19.2. The van der Waals surface area contributed by atoms with Crippen molar-refractivity contribution in [2.75, 3.05) is 5.75 Å². The normalized spacial score (nSPS) is 11.2. The third-order valence-electron chi connectivity index (χ3n) is 4.14. The Kier molecular flexibility index (Phi) is 5.43. The maximum absolute atomic E-state index is 12.7. The zero-order chi connectivity index (χ0) is 19.7. The van der Waals surface area contributed by atoms with E-state index >= 15 is 0 Å². The number of carboxylic acids is 1. The Morgan fingerprint density at radius 3 is 2.59 bits per heavy atom. The summed E-state index contributed by atoms with van der Waals surface area (Å²) >= 11 is 7.43. The molecule has 0 atom stereocenters. The van der Waals surface area contributed by atoms with Gasteiger partial charge in [0.1, 0.15) is 0 Å². The first-order chi connectivity index (χ1) is 12.8. The van der Waals surface area contributed by atoms with Crippen molar-refractivity contribution < 1.29 is 9.90 Å². The van der Waals surface area contributed by atoms with Gasteiger partial charge in [-0.1, -0.05) is 41.6 Å². The predicted molar refractivity (Wildman–Crippen MR) is 101 cm³/mol. The number of benzene rings is 1. The molecule has 0 aliphatic carbocycles. The molecule has 3 rings (SSSR count). The van der Waals surface area contributed by atoms with Crippen LogP contribution in [0.25, 0.3) is 11.2 Å². The molecule has 10 heteroatoms. The van der Waals surface area contributed by atoms with Gasteiger partial charge in [-0.25, -0.2) is 9.78 Å². The summed E-state index contributed by atoms with van der Waals surface area (Å²) < 4.78 is 3.98. The van der Waals surface area contributed by atoms with Gasteiger partial charge in [0.05, 0.1) is 6.54 Å². The summed E-state index contributed by atoms with van der Waals surface area (Å²) in [5.74, 6) is -0.942. The van der Waals surface area contributed by atoms with Crippen molar-refractivity contribution in [3.05, 3.63) is 55.7 Å². The van der Waals surface area contributed by atoms with Gasteiger partial charge < -0.3 is 14.5 Å². The van der Waals surface area contributed by atoms with Crippen LogP contribution in [0.15, 0.2) is 39.0 Å². The van der Waals surface area contributed by atoms with Gasteiger partial charge in [0, 0.05) is 30.8 Å². The number of hydrogen-bond acceptors (Lipinski definition) is 6. The molecule has 0 unspecified atom stereocenters. The Morgan fingerprint density at radius 2 is 1.93 bits per heavy atom. The van der Waals surface area contributed by atoms with E-state index in [1.807, 2.05) is 12.1 Å². The quantitative estimate of drug-likeness (QED) is 0.547. The van der Waals surface area contributed by atoms with Gasteiger partial charge in [0.15, 0.2) is 16.3 Å². The van der Waals surface area contributed by atoms with Crippen LogP contribution in [0, 0.1) is 0 Å². The molecule has 1 aromatic carbocycles. The minimum atomic E-state index is -1.17. The van der Waals surface area contributed by atoms with Gasteiger partial charge in [0.25, 0.3) is 5.56 Å². The Morgan fingerprint density at radius 1 is 1.22 bits per heavy atom. The van der Waals surface area contributed by atoms with E-state index in [2.05, 4.69) is 4.98 Å². The van der Waals surface area contributed by atoms with E-state index in [1.54, 1.807) is 16.7 Å². The summed E-state index contributed by atoms with van der Waals surface area (Å²) in [5.41, 5.74) is 0.318. The van der Waals surface area contributed by atoms with Crippen molar-refractivity contribution in [2.45, 2.75) is 18.1 Å². The van der Waals surface area contributed by atoms with Gasteiger partial charge >= 0.3 is 5.69 Å². The topological polar surface area (TPSA) is 102 Å². The number of rotatable bonds is 6. The molecule has 0 bridgehead atoms. The molecule has 8 nitrogen and oxygen atoms in total. The van der Waals surface area contributed by atoms with E-state index in [0.717, 1.165) is 10.1 Å². The number of carbonyl (C=O) groups excluding carboxylic acids is 1. The van der Waals surface area contributed by atoms with Crippen molar-refractivity contribution in [1.82, 2.24) is 18.7 Å². The number of halogens is 1. The van der Waals surface area contributed by atoms with Crippen molar-refractivity contribution in [3.8, 4) is 0 Å². The molecule has 0 saturated carbocycles. The third kappa shape index (κ3) is 3.65. The van der Waals surface area contributed by atoms with E-state index in [-0.39, 0.29) is 29.9 Å². The minimum absolute atomic E-state index is 0.156. The number of thioether (sulfide) groups is 1. The SMILES string of the molecule is Cn1c(=O)c2c(nc(SCCC(=O)[O-])n2Cc2ccccc2Cl)n(C)c1=O. The minimum Gasteiger partial charge on any atom is -0.550 e. The van der Waals surface area contributed by atoms with Crippen LogP contribution in [0.4, 0.5) is 0 Å². The zero-order valence-electron chi connectivity index (χ0n) is 14.6. The second kappa shape index (κ2) is 7.61. The molecule has 2 heterocycles. The second-order valence-electron chi connectivity index (χ2n) is 5.92. The first-order valence-electron chi connectivity index (χ1n) is 8.03. The fourth-order valence-corrected chi connectivity index (χ4v) is 3.82. The van der Waals surface area contributed by atoms with Crippen LogP contribution in [0.1, 0.15) is 12.0 Å². The molecule has 3 aromatic rings. The molecule has 0 fully saturated rings. The molecule has 0 spiro atoms. The average molecular weight is 408 g/mol. The Hall–Kier alpha value is -2.52. The van der Waals surface area contributed by atoms with Crippen LogP contribution >= 0.6 is 23.4 Å². The smallest absolute Gasteiger partial charge is 0.332 e. The van der Waals surface area contributed by atoms with Crippen LogP contribution in [-0.4, -0.2) is 30.4 Å². The average Bonchev–Trinajstić information content (AvgIpc) is 2.98. The number of hydrogen-bond donors (Lipinski definition) is 0. The van der Waals surface area contributed by atoms with Crippen molar-refractivity contribution in [3.63, 3.8) is 0 Å². The van der Waals surface area contributed by atoms with Gasteiger partial charge in [0.2, 0.25) is 0 Å². The molecule has 0 saturated heterocycles. The Labute approximate surface area is 163 Å². The summed E-state index contributed by atoms with van der Waals surface area (Å²) in [6.07, 6.45) is -0.156. The predicted octanol–water partition coefficient (Wildman–Crippen LogP) is 0.367. The fourth-order valence-electron chi connectivity index (χ4n) is 2.71. The van der Waals surface area contributed by atoms with E-state index < -0.39 is 17.2 Å². The number of aliphatic carboxylic acids is 1. The maximum atomic E-state index is 12.7. The highest BCUT2D eigenvalue weighted by atomic mass is 35.5. The van der Waals surface area contributed by atoms with Crippen molar-refractivity contribution >= 4 is 40.5 Å². The van der Waals surface area contributed by atoms with Gasteiger partial charge in [-0.3, -0.25) is 13.9 Å². The summed E-state index contributed by atoms with van der Waals surface area (Å²) in [7, 11) is 2.94. The van der Waals surface area contributed by atoms with Gasteiger partial charge in [-0.15, -0.1) is 0 Å². The zero-order valence-corrected chi connectivity index (χ0v) is 16.2. The second-order valence-corrected chi connectivity index (χ2v) is 7.39. The summed E-state index contributed by atoms with van der Waals surface area (Å²) in [5, 5.41) is 11.7. The lowest BCUT2D eigenvalue weighted by molar-refractivity contribution is -0.305. The van der Waals surface area contributed by atoms with Crippen LogP contribution < -0.4 is 16.4 Å². The highest BCUT2D eigenvalue weighted by Crippen LogP contribution is 2.25. The molecule has 0 aliphatic heterocycles. The lowest BCUT2D eigenvalue weighted by atomic mass is 10.2. The fraction of sp³-hybridized carbons (Fsp3) is 0.294. The van der Waals surface area contributed by atoms with Crippen LogP contribution in [0.5, 0.6) is 0 Å². The van der Waals surface area contributed by atoms with Crippen LogP contribution in [-0.2, 0) is 25.4 Å². The lowest BCUT2D eigenvalue weighted by Crippen LogP contribution is -2.37. The van der Waals surface area contributed by atoms with Crippen molar-refractivity contribution in [2.24, 2.45) is 14.1 Å². The van der Waals surface area contributed by atoms with E-state index in [4.69, 9.17) is 11.6 Å². The largest absolute Gasteiger partial charge is 0.550 e. The molecule has 0 N–H and O–H groups in total. The van der Waals surface area contributed by atoms with Gasteiger partial charge in [-0.2, -0.15) is 0 Å². The monoisotopic (exact) mass is 407 g/mol. The third-order valence-corrected chi connectivity index (χ3v) is 5.48. The van der Waals surface area contributed by atoms with E-state index in [9.17, 15) is 19.5 Å². The molecule has 0 aliphatic rings. The molecule has 0 amide bonds. The Balaban J connectivity index is 2.20. The maximum Gasteiger partial charge on any atom is 0.332 e. The lowest BCUT2D eigenvalue weighted by Gasteiger charge is -2.11. The first-order valence-corrected chi connectivity index (χ1v) is 9.40. The highest BCUT2D eigenvalue weighted by molar-refractivity contribution is 7.99. The van der Waals surface area contributed by atoms with Crippen LogP contribution in [0.3, 0.4) is 0 Å². The number of imidazole rings is 1. The van der Waals surface area contributed by atoms with E-state index in [0.29, 0.717) is 10.2 Å². The number of carbonyl (C=O) groups is 1. The summed E-state index contributed by atoms with van der Waals surface area (Å²) in [4.78, 5) is 40.1. The Bertz CT molecular complexity index is 1150. The molecular formula is C17H16ClN4O4S-. The molecule has 0 radical (unpaired) electrons. The van der Waals surface area contributed by atoms with Crippen molar-refractivity contribution in [1.29, 1.82) is 0 Å². The summed E-state index contributed by atoms with van der Waals surface area (Å²) in [6, 6.07) is 7.20. The molecule has 142 valence electrons. The standard InChI is InChI=1S/C17H17ClN4O4S/c1-20-14-13(15(25)21(2)17(20)26)22(9-10-5-3-4-6-11(10)18)16(19-14)27-8-7-12(23)24/h3-6H,7-9H2,1-2H3,(H,23,24)/p-1. The summed E-state index contributed by atoms with van der Waals surface area (Å²) in [6.45, 7) is 0.261. The number of fused-ring (bicyclic) bond motifs is 1. The van der Waals surface area contributed by atoms with E-state index in [1.165, 1.54) is 30.4 Å². The molecule has 2 aromatic heterocycles. The van der Waals surface area contributed by atoms with Gasteiger partial charge in [-0.05, 0) is 18.1 Å². The highest BCUT2D eigenvalue weighted by Gasteiger charge is 2.20. The molecule has 27 heavy (non-hydrogen) atoms. The number of nitrogens with zero attached hydrogens (tertiary/aromatic N) is 4. The number of carboxylic acid groups (broad SMARTS) is 1. The molecular weight excluding hydrogens is 392 g/mol. The number of aromatic nitrogens is 4. The van der Waals surface area contributed by atoms with Crippen LogP contribution in [0.2, 0.25) is 5.02 Å². The number of aryl methyl sites for hydroxylation is 1.